The van der Waals surface area contributed by atoms with Gasteiger partial charge in [0.2, 0.25) is 7.37 Å². The van der Waals surface area contributed by atoms with Crippen LogP contribution >= 0.6 is 7.37 Å². The summed E-state index contributed by atoms with van der Waals surface area (Å²) in [6, 6.07) is 17.5. The van der Waals surface area contributed by atoms with E-state index in [9.17, 15) is 9.46 Å². The molecule has 0 aliphatic rings. The summed E-state index contributed by atoms with van der Waals surface area (Å²) in [6.07, 6.45) is 0. The van der Waals surface area contributed by atoms with Gasteiger partial charge in [0.25, 0.3) is 0 Å². The van der Waals surface area contributed by atoms with Crippen LogP contribution in [0.5, 0.6) is 0 Å². The number of nitrogens with two attached hydrogens (primary N) is 1. The van der Waals surface area contributed by atoms with Gasteiger partial charge in [0.05, 0.1) is 0 Å². The van der Waals surface area contributed by atoms with Crippen molar-refractivity contribution in [2.45, 2.75) is 5.78 Å². The fraction of sp³-hybridized carbons (Fsp3) is 0.0769. The molecule has 0 saturated heterocycles. The van der Waals surface area contributed by atoms with Crippen molar-refractivity contribution in [1.82, 2.24) is 0 Å². The molecular weight excluding hydrogens is 233 g/mol. The fourth-order valence-electron chi connectivity index (χ4n) is 1.65. The molecule has 3 N–H and O–H groups in total. The molecular formula is C13H14NO2P. The first-order valence-electron chi connectivity index (χ1n) is 5.31. The summed E-state index contributed by atoms with van der Waals surface area (Å²) in [5.74, 6) is -0.883. The lowest BCUT2D eigenvalue weighted by Gasteiger charge is -2.19. The van der Waals surface area contributed by atoms with Crippen LogP contribution in [-0.4, -0.2) is 4.89 Å². The van der Waals surface area contributed by atoms with Crippen LogP contribution in [0, 0.1) is 0 Å². The lowest BCUT2D eigenvalue weighted by atomic mass is 10.2. The van der Waals surface area contributed by atoms with E-state index in [4.69, 9.17) is 5.73 Å². The molecule has 0 spiro atoms. The van der Waals surface area contributed by atoms with Crippen molar-refractivity contribution in [3.05, 3.63) is 66.2 Å². The van der Waals surface area contributed by atoms with E-state index >= 15 is 0 Å². The van der Waals surface area contributed by atoms with Gasteiger partial charge >= 0.3 is 0 Å². The van der Waals surface area contributed by atoms with Gasteiger partial charge in [-0.1, -0.05) is 48.5 Å². The van der Waals surface area contributed by atoms with Crippen LogP contribution in [0.1, 0.15) is 11.3 Å². The zero-order valence-electron chi connectivity index (χ0n) is 9.23. The fourth-order valence-corrected chi connectivity index (χ4v) is 3.15. The molecule has 0 amide bonds. The number of hydrogen-bond acceptors (Lipinski definition) is 2. The Kier molecular flexibility index (Phi) is 3.43. The molecule has 2 aromatic carbocycles. The van der Waals surface area contributed by atoms with Crippen molar-refractivity contribution in [3.63, 3.8) is 0 Å². The normalized spacial score (nSPS) is 16.1. The maximum atomic E-state index is 12.3. The van der Waals surface area contributed by atoms with Gasteiger partial charge in [-0.05, 0) is 17.7 Å². The predicted molar refractivity (Wildman–Crippen MR) is 69.3 cm³/mol. The number of benzene rings is 2. The summed E-state index contributed by atoms with van der Waals surface area (Å²) in [5.41, 5.74) is 6.56. The predicted octanol–water partition coefficient (Wildman–Crippen LogP) is 2.24. The second-order valence-electron chi connectivity index (χ2n) is 3.81. The van der Waals surface area contributed by atoms with Crippen molar-refractivity contribution < 1.29 is 9.46 Å². The molecule has 2 aromatic rings. The maximum Gasteiger partial charge on any atom is 0.250 e. The second kappa shape index (κ2) is 4.84. The largest absolute Gasteiger partial charge is 0.340 e. The van der Waals surface area contributed by atoms with Gasteiger partial charge in [0, 0.05) is 5.30 Å². The number of hydrogen-bond donors (Lipinski definition) is 2. The minimum atomic E-state index is -3.58. The number of rotatable bonds is 3. The summed E-state index contributed by atoms with van der Waals surface area (Å²) in [5, 5.41) is 0.386. The van der Waals surface area contributed by atoms with Crippen LogP contribution in [0.4, 0.5) is 0 Å². The Hall–Kier alpha value is -1.41. The van der Waals surface area contributed by atoms with Crippen molar-refractivity contribution in [2.75, 3.05) is 0 Å². The zero-order chi connectivity index (χ0) is 12.3. The van der Waals surface area contributed by atoms with Gasteiger partial charge in [0.15, 0.2) is 0 Å². The van der Waals surface area contributed by atoms with E-state index in [-0.39, 0.29) is 0 Å². The van der Waals surface area contributed by atoms with Crippen LogP contribution in [-0.2, 0) is 4.57 Å². The van der Waals surface area contributed by atoms with E-state index < -0.39 is 13.2 Å². The zero-order valence-corrected chi connectivity index (χ0v) is 10.1. The van der Waals surface area contributed by atoms with Gasteiger partial charge in [-0.25, -0.2) is 0 Å². The lowest BCUT2D eigenvalue weighted by Crippen LogP contribution is -2.18. The Balaban J connectivity index is 2.37. The second-order valence-corrected chi connectivity index (χ2v) is 6.13. The highest BCUT2D eigenvalue weighted by atomic mass is 31.2. The molecule has 0 bridgehead atoms. The average molecular weight is 247 g/mol. The Bertz CT molecular complexity index is 528. The molecule has 0 saturated carbocycles. The van der Waals surface area contributed by atoms with Gasteiger partial charge in [0.1, 0.15) is 5.78 Å². The molecule has 0 fully saturated rings. The Morgan fingerprint density at radius 2 is 1.41 bits per heavy atom. The van der Waals surface area contributed by atoms with E-state index in [1.807, 2.05) is 6.07 Å². The summed E-state index contributed by atoms with van der Waals surface area (Å²) in [4.78, 5) is 10.1. The van der Waals surface area contributed by atoms with E-state index in [0.29, 0.717) is 10.9 Å². The van der Waals surface area contributed by atoms with E-state index in [1.165, 1.54) is 0 Å². The van der Waals surface area contributed by atoms with Gasteiger partial charge in [-0.3, -0.25) is 4.57 Å². The minimum Gasteiger partial charge on any atom is -0.340 e. The molecule has 2 unspecified atom stereocenters. The van der Waals surface area contributed by atoms with Crippen LogP contribution in [0.25, 0.3) is 0 Å². The first kappa shape index (κ1) is 12.1. The van der Waals surface area contributed by atoms with Crippen molar-refractivity contribution in [2.24, 2.45) is 5.73 Å². The third-order valence-electron chi connectivity index (χ3n) is 2.64. The topological polar surface area (TPSA) is 63.3 Å². The first-order valence-corrected chi connectivity index (χ1v) is 7.04. The maximum absolute atomic E-state index is 12.3. The van der Waals surface area contributed by atoms with Gasteiger partial charge in [-0.15, -0.1) is 0 Å². The standard InChI is InChI=1S/C13H14NO2P/c14-13(11-7-3-1-4-8-11)17(15,16)12-9-5-2-6-10-12/h1-10,13H,14H2,(H,15,16). The Morgan fingerprint density at radius 3 is 1.94 bits per heavy atom. The summed E-state index contributed by atoms with van der Waals surface area (Å²) >= 11 is 0. The SMILES string of the molecule is NC(c1ccccc1)P(=O)(O)c1ccccc1. The minimum absolute atomic E-state index is 0.386. The summed E-state index contributed by atoms with van der Waals surface area (Å²) in [6.45, 7) is 0. The van der Waals surface area contributed by atoms with E-state index in [0.717, 1.165) is 0 Å². The molecule has 0 heterocycles. The monoisotopic (exact) mass is 247 g/mol. The molecule has 2 rings (SSSR count). The summed E-state index contributed by atoms with van der Waals surface area (Å²) in [7, 11) is -3.58. The molecule has 3 nitrogen and oxygen atoms in total. The molecule has 0 aliphatic carbocycles. The van der Waals surface area contributed by atoms with Gasteiger partial charge in [-0.2, -0.15) is 0 Å². The summed E-state index contributed by atoms with van der Waals surface area (Å²) < 4.78 is 12.3. The molecule has 0 aromatic heterocycles. The third-order valence-corrected chi connectivity index (χ3v) is 4.73. The van der Waals surface area contributed by atoms with Gasteiger partial charge < -0.3 is 10.6 Å². The highest BCUT2D eigenvalue weighted by Gasteiger charge is 2.30. The van der Waals surface area contributed by atoms with Crippen molar-refractivity contribution in [3.8, 4) is 0 Å². The molecule has 4 heteroatoms. The smallest absolute Gasteiger partial charge is 0.250 e. The van der Waals surface area contributed by atoms with E-state index in [1.54, 1.807) is 54.6 Å². The van der Waals surface area contributed by atoms with Crippen LogP contribution in [0.2, 0.25) is 0 Å². The highest BCUT2D eigenvalue weighted by Crippen LogP contribution is 2.51. The van der Waals surface area contributed by atoms with Crippen LogP contribution < -0.4 is 11.0 Å². The average Bonchev–Trinajstić information content (AvgIpc) is 2.40. The van der Waals surface area contributed by atoms with Crippen LogP contribution in [0.15, 0.2) is 60.7 Å². The highest BCUT2D eigenvalue weighted by molar-refractivity contribution is 7.66. The quantitative estimate of drug-likeness (QED) is 0.817. The van der Waals surface area contributed by atoms with Crippen LogP contribution in [0.3, 0.4) is 0 Å². The molecule has 17 heavy (non-hydrogen) atoms. The molecule has 2 atom stereocenters. The molecule has 88 valence electrons. The lowest BCUT2D eigenvalue weighted by molar-refractivity contribution is 0.477. The van der Waals surface area contributed by atoms with Crippen molar-refractivity contribution >= 4 is 12.7 Å². The third kappa shape index (κ3) is 2.47. The van der Waals surface area contributed by atoms with Crippen molar-refractivity contribution in [1.29, 1.82) is 0 Å². The van der Waals surface area contributed by atoms with E-state index in [2.05, 4.69) is 0 Å². The Morgan fingerprint density at radius 1 is 0.941 bits per heavy atom. The molecule has 0 radical (unpaired) electrons. The molecule has 0 aliphatic heterocycles. The Labute approximate surface area is 100 Å². The first-order chi connectivity index (χ1) is 8.12.